The number of aryl methyl sites for hydroxylation is 2. The van der Waals surface area contributed by atoms with Gasteiger partial charge in [-0.1, -0.05) is 12.1 Å². The molecule has 74 valence electrons. The quantitative estimate of drug-likeness (QED) is 0.533. The summed E-state index contributed by atoms with van der Waals surface area (Å²) >= 11 is 0. The van der Waals surface area contributed by atoms with Crippen molar-refractivity contribution >= 4 is 6.08 Å². The van der Waals surface area contributed by atoms with Crippen LogP contribution in [0.2, 0.25) is 0 Å². The third kappa shape index (κ3) is 2.42. The van der Waals surface area contributed by atoms with Gasteiger partial charge in [-0.25, -0.2) is 0 Å². The van der Waals surface area contributed by atoms with Crippen LogP contribution in [0.25, 0.3) is 6.08 Å². The van der Waals surface area contributed by atoms with E-state index in [1.54, 1.807) is 0 Å². The Bertz CT molecular complexity index is 371. The molecule has 0 aromatic heterocycles. The van der Waals surface area contributed by atoms with Crippen molar-refractivity contribution in [1.29, 1.82) is 0 Å². The fourth-order valence-corrected chi connectivity index (χ4v) is 1.31. The van der Waals surface area contributed by atoms with Gasteiger partial charge in [0.05, 0.1) is 4.92 Å². The van der Waals surface area contributed by atoms with Crippen LogP contribution in [-0.4, -0.2) is 4.92 Å². The Labute approximate surface area is 83.2 Å². The van der Waals surface area contributed by atoms with E-state index in [2.05, 4.69) is 0 Å². The molecular weight excluding hydrogens is 178 g/mol. The summed E-state index contributed by atoms with van der Waals surface area (Å²) in [5.74, 6) is 0. The van der Waals surface area contributed by atoms with Crippen molar-refractivity contribution in [2.75, 3.05) is 0 Å². The Hall–Kier alpha value is -1.64. The molecule has 0 unspecified atom stereocenters. The lowest BCUT2D eigenvalue weighted by Crippen LogP contribution is -1.88. The second-order valence-corrected chi connectivity index (χ2v) is 3.38. The smallest absolute Gasteiger partial charge is 0.235 e. The van der Waals surface area contributed by atoms with Crippen molar-refractivity contribution in [2.45, 2.75) is 20.8 Å². The lowest BCUT2D eigenvalue weighted by atomic mass is 10.0. The Morgan fingerprint density at radius 2 is 1.71 bits per heavy atom. The highest BCUT2D eigenvalue weighted by Gasteiger charge is 1.99. The Balaban J connectivity index is 3.07. The summed E-state index contributed by atoms with van der Waals surface area (Å²) in [6.45, 7) is 6.06. The van der Waals surface area contributed by atoms with E-state index in [0.29, 0.717) is 0 Å². The molecule has 0 N–H and O–H groups in total. The highest BCUT2D eigenvalue weighted by molar-refractivity contribution is 5.52. The molecular formula is C11H13NO2. The number of nitro groups is 1. The van der Waals surface area contributed by atoms with Crippen molar-refractivity contribution in [3.05, 3.63) is 50.7 Å². The van der Waals surface area contributed by atoms with Crippen LogP contribution in [0.15, 0.2) is 18.3 Å². The molecule has 0 bridgehead atoms. The summed E-state index contributed by atoms with van der Waals surface area (Å²) in [4.78, 5) is 9.67. The first-order valence-corrected chi connectivity index (χ1v) is 4.40. The summed E-state index contributed by atoms with van der Waals surface area (Å²) in [7, 11) is 0. The van der Waals surface area contributed by atoms with E-state index < -0.39 is 4.92 Å². The molecule has 1 aromatic carbocycles. The summed E-state index contributed by atoms with van der Waals surface area (Å²) in [5, 5.41) is 10.1. The van der Waals surface area contributed by atoms with Crippen molar-refractivity contribution < 1.29 is 4.92 Å². The van der Waals surface area contributed by atoms with Crippen LogP contribution in [0.3, 0.4) is 0 Å². The second kappa shape index (κ2) is 4.05. The first-order chi connectivity index (χ1) is 6.50. The van der Waals surface area contributed by atoms with Crippen LogP contribution in [0, 0.1) is 30.9 Å². The maximum atomic E-state index is 10.1. The molecule has 0 saturated heterocycles. The molecule has 1 aromatic rings. The molecule has 0 aliphatic carbocycles. The van der Waals surface area contributed by atoms with Crippen LogP contribution >= 0.6 is 0 Å². The highest BCUT2D eigenvalue weighted by Crippen LogP contribution is 2.16. The van der Waals surface area contributed by atoms with Crippen LogP contribution in [0.5, 0.6) is 0 Å². The maximum absolute atomic E-state index is 10.1. The van der Waals surface area contributed by atoms with E-state index in [0.717, 1.165) is 22.9 Å². The molecule has 0 radical (unpaired) electrons. The largest absolute Gasteiger partial charge is 0.259 e. The number of nitrogens with zero attached hydrogens (tertiary/aromatic N) is 1. The van der Waals surface area contributed by atoms with E-state index in [1.165, 1.54) is 11.6 Å². The SMILES string of the molecule is Cc1cc(/C=C/[N+](=O)[O-])cc(C)c1C. The van der Waals surface area contributed by atoms with Gasteiger partial charge in [-0.15, -0.1) is 0 Å². The van der Waals surface area contributed by atoms with Gasteiger partial charge in [0.25, 0.3) is 0 Å². The lowest BCUT2D eigenvalue weighted by molar-refractivity contribution is -0.400. The molecule has 0 heterocycles. The molecule has 3 heteroatoms. The van der Waals surface area contributed by atoms with E-state index in [1.807, 2.05) is 32.9 Å². The van der Waals surface area contributed by atoms with Crippen LogP contribution in [-0.2, 0) is 0 Å². The van der Waals surface area contributed by atoms with Gasteiger partial charge in [-0.2, -0.15) is 0 Å². The zero-order valence-electron chi connectivity index (χ0n) is 8.57. The molecule has 0 spiro atoms. The van der Waals surface area contributed by atoms with Crippen molar-refractivity contribution in [3.63, 3.8) is 0 Å². The molecule has 1 rings (SSSR count). The zero-order chi connectivity index (χ0) is 10.7. The van der Waals surface area contributed by atoms with E-state index >= 15 is 0 Å². The van der Waals surface area contributed by atoms with Crippen molar-refractivity contribution in [3.8, 4) is 0 Å². The first kappa shape index (κ1) is 10.4. The summed E-state index contributed by atoms with van der Waals surface area (Å²) in [6.07, 6.45) is 2.48. The van der Waals surface area contributed by atoms with Crippen LogP contribution < -0.4 is 0 Å². The second-order valence-electron chi connectivity index (χ2n) is 3.38. The average molecular weight is 191 g/mol. The van der Waals surface area contributed by atoms with Gasteiger partial charge < -0.3 is 0 Å². The van der Waals surface area contributed by atoms with Gasteiger partial charge in [0, 0.05) is 6.08 Å². The third-order valence-corrected chi connectivity index (χ3v) is 2.34. The minimum atomic E-state index is -0.454. The monoisotopic (exact) mass is 191 g/mol. The van der Waals surface area contributed by atoms with Crippen LogP contribution in [0.1, 0.15) is 22.3 Å². The van der Waals surface area contributed by atoms with E-state index in [4.69, 9.17) is 0 Å². The number of benzene rings is 1. The predicted octanol–water partition coefficient (Wildman–Crippen LogP) is 2.86. The van der Waals surface area contributed by atoms with E-state index in [9.17, 15) is 10.1 Å². The third-order valence-electron chi connectivity index (χ3n) is 2.34. The fraction of sp³-hybridized carbons (Fsp3) is 0.273. The molecule has 0 saturated carbocycles. The molecule has 3 nitrogen and oxygen atoms in total. The normalized spacial score (nSPS) is 10.8. The Morgan fingerprint density at radius 1 is 1.21 bits per heavy atom. The number of rotatable bonds is 2. The van der Waals surface area contributed by atoms with Gasteiger partial charge in [-0.3, -0.25) is 10.1 Å². The summed E-state index contributed by atoms with van der Waals surface area (Å²) in [6, 6.07) is 3.89. The molecule has 0 fully saturated rings. The summed E-state index contributed by atoms with van der Waals surface area (Å²) in [5.41, 5.74) is 4.44. The standard InChI is InChI=1S/C11H13NO2/c1-8-6-11(4-5-12(13)14)7-9(2)10(8)3/h4-7H,1-3H3/b5-4+. The van der Waals surface area contributed by atoms with E-state index in [-0.39, 0.29) is 0 Å². The molecule has 0 aliphatic heterocycles. The Kier molecular flexibility index (Phi) is 3.02. The molecule has 14 heavy (non-hydrogen) atoms. The lowest BCUT2D eigenvalue weighted by Gasteiger charge is -2.05. The minimum Gasteiger partial charge on any atom is -0.259 e. The number of hydrogen-bond donors (Lipinski definition) is 0. The summed E-state index contributed by atoms with van der Waals surface area (Å²) < 4.78 is 0. The van der Waals surface area contributed by atoms with Crippen molar-refractivity contribution in [1.82, 2.24) is 0 Å². The van der Waals surface area contributed by atoms with Gasteiger partial charge >= 0.3 is 0 Å². The topological polar surface area (TPSA) is 43.1 Å². The van der Waals surface area contributed by atoms with Gasteiger partial charge in [-0.05, 0) is 43.0 Å². The number of hydrogen-bond acceptors (Lipinski definition) is 2. The highest BCUT2D eigenvalue weighted by atomic mass is 16.6. The average Bonchev–Trinajstić information content (AvgIpc) is 2.10. The molecule has 0 aliphatic rings. The van der Waals surface area contributed by atoms with Gasteiger partial charge in [0.15, 0.2) is 0 Å². The zero-order valence-corrected chi connectivity index (χ0v) is 8.57. The van der Waals surface area contributed by atoms with Gasteiger partial charge in [0.2, 0.25) is 6.20 Å². The van der Waals surface area contributed by atoms with Crippen LogP contribution in [0.4, 0.5) is 0 Å². The maximum Gasteiger partial charge on any atom is 0.235 e. The Morgan fingerprint density at radius 3 is 2.14 bits per heavy atom. The molecule has 0 amide bonds. The van der Waals surface area contributed by atoms with Crippen molar-refractivity contribution in [2.24, 2.45) is 0 Å². The first-order valence-electron chi connectivity index (χ1n) is 4.40. The predicted molar refractivity (Wildman–Crippen MR) is 56.7 cm³/mol. The molecule has 0 atom stereocenters. The minimum absolute atomic E-state index is 0.454. The fourth-order valence-electron chi connectivity index (χ4n) is 1.31. The van der Waals surface area contributed by atoms with Gasteiger partial charge in [0.1, 0.15) is 0 Å².